The number of aryl methyl sites for hydroxylation is 1. The molecule has 2 aromatic rings. The maximum Gasteiger partial charge on any atom is 0.417 e. The molecule has 1 N–H and O–H groups in total. The number of carboxylic acid groups (broad SMARTS) is 1. The number of carbonyl (C=O) groups excluding carboxylic acids is 1. The molecule has 9 nitrogen and oxygen atoms in total. The van der Waals surface area contributed by atoms with E-state index in [2.05, 4.69) is 4.90 Å². The quantitative estimate of drug-likeness (QED) is 0.407. The summed E-state index contributed by atoms with van der Waals surface area (Å²) in [6.07, 6.45) is -4.16. The molecule has 0 aliphatic carbocycles. The van der Waals surface area contributed by atoms with Crippen LogP contribution >= 0.6 is 12.2 Å². The lowest BCUT2D eigenvalue weighted by atomic mass is 10.0. The number of benzene rings is 2. The number of amides is 1. The highest BCUT2D eigenvalue weighted by Crippen LogP contribution is 2.40. The first kappa shape index (κ1) is 32.2. The fraction of sp³-hybridized carbons (Fsp3) is 0.467. The molecule has 2 fully saturated rings. The number of nitriles is 1. The molecule has 1 atom stereocenters. The molecule has 0 spiro atoms. The van der Waals surface area contributed by atoms with Gasteiger partial charge in [-0.15, -0.1) is 0 Å². The van der Waals surface area contributed by atoms with Crippen molar-refractivity contribution in [3.8, 4) is 11.8 Å². The van der Waals surface area contributed by atoms with Gasteiger partial charge in [-0.3, -0.25) is 24.3 Å². The Balaban J connectivity index is 1.50. The number of ether oxygens (including phenoxy) is 1. The Kier molecular flexibility index (Phi) is 9.34. The third kappa shape index (κ3) is 6.61. The third-order valence-corrected chi connectivity index (χ3v) is 8.26. The Labute approximate surface area is 254 Å². The van der Waals surface area contributed by atoms with Gasteiger partial charge in [0.1, 0.15) is 17.9 Å². The fourth-order valence-corrected chi connectivity index (χ4v) is 6.07. The number of anilines is 2. The van der Waals surface area contributed by atoms with Crippen molar-refractivity contribution in [1.29, 1.82) is 5.26 Å². The van der Waals surface area contributed by atoms with Crippen LogP contribution in [0, 0.1) is 11.3 Å². The van der Waals surface area contributed by atoms with Crippen LogP contribution in [0.25, 0.3) is 0 Å². The van der Waals surface area contributed by atoms with Gasteiger partial charge in [0.2, 0.25) is 0 Å². The third-order valence-electron chi connectivity index (χ3n) is 7.89. The minimum Gasteiger partial charge on any atom is -0.492 e. The van der Waals surface area contributed by atoms with Crippen molar-refractivity contribution >= 4 is 40.6 Å². The van der Waals surface area contributed by atoms with Crippen LogP contribution in [0.1, 0.15) is 44.4 Å². The van der Waals surface area contributed by atoms with Crippen LogP contribution in [0.15, 0.2) is 36.4 Å². The minimum atomic E-state index is -4.78. The summed E-state index contributed by atoms with van der Waals surface area (Å²) in [5.41, 5.74) is -1.46. The summed E-state index contributed by atoms with van der Waals surface area (Å²) in [5.74, 6) is -0.651. The van der Waals surface area contributed by atoms with Crippen LogP contribution in [0.2, 0.25) is 0 Å². The molecule has 0 saturated carbocycles. The van der Waals surface area contributed by atoms with Crippen LogP contribution in [0.4, 0.5) is 24.5 Å². The molecule has 13 heteroatoms. The minimum absolute atomic E-state index is 0.0275. The molecule has 2 saturated heterocycles. The molecule has 4 rings (SSSR count). The average molecular weight is 618 g/mol. The van der Waals surface area contributed by atoms with E-state index in [1.54, 1.807) is 36.9 Å². The predicted molar refractivity (Wildman–Crippen MR) is 159 cm³/mol. The number of hydrogen-bond donors (Lipinski definition) is 1. The SMILES string of the molecule is CCc1cc(N2C(=S)N(c3ccc(C#N)c(C(F)(F)F)c3)C(=O)C2(C)C)ccc1OCCN1CCN(CC(=O)O)C(C)C1. The lowest BCUT2D eigenvalue weighted by Gasteiger charge is -2.38. The average Bonchev–Trinajstić information content (AvgIpc) is 3.12. The van der Waals surface area contributed by atoms with E-state index in [0.717, 1.165) is 35.7 Å². The first-order chi connectivity index (χ1) is 20.2. The summed E-state index contributed by atoms with van der Waals surface area (Å²) in [6.45, 7) is 10.6. The van der Waals surface area contributed by atoms with Crippen molar-refractivity contribution in [2.45, 2.75) is 51.9 Å². The molecule has 0 aromatic heterocycles. The zero-order valence-electron chi connectivity index (χ0n) is 24.4. The molecule has 2 heterocycles. The summed E-state index contributed by atoms with van der Waals surface area (Å²) >= 11 is 5.66. The lowest BCUT2D eigenvalue weighted by Crippen LogP contribution is -2.53. The van der Waals surface area contributed by atoms with Gasteiger partial charge >= 0.3 is 12.1 Å². The summed E-state index contributed by atoms with van der Waals surface area (Å²) < 4.78 is 47.1. The second-order valence-corrected chi connectivity index (χ2v) is 11.5. The smallest absolute Gasteiger partial charge is 0.417 e. The largest absolute Gasteiger partial charge is 0.492 e. The molecule has 2 aliphatic heterocycles. The maximum atomic E-state index is 13.6. The molecule has 1 unspecified atom stereocenters. The van der Waals surface area contributed by atoms with Gasteiger partial charge in [-0.25, -0.2) is 0 Å². The number of thiocarbonyl (C=S) groups is 1. The van der Waals surface area contributed by atoms with Crippen LogP contribution < -0.4 is 14.5 Å². The van der Waals surface area contributed by atoms with Crippen molar-refractivity contribution in [3.63, 3.8) is 0 Å². The van der Waals surface area contributed by atoms with E-state index in [9.17, 15) is 22.8 Å². The topological polar surface area (TPSA) is 100 Å². The number of nitrogens with zero attached hydrogens (tertiary/aromatic N) is 5. The van der Waals surface area contributed by atoms with Crippen LogP contribution in [0.3, 0.4) is 0 Å². The number of aliphatic carboxylic acids is 1. The van der Waals surface area contributed by atoms with E-state index in [1.807, 2.05) is 24.8 Å². The van der Waals surface area contributed by atoms with Crippen molar-refractivity contribution in [1.82, 2.24) is 9.80 Å². The second-order valence-electron chi connectivity index (χ2n) is 11.2. The summed E-state index contributed by atoms with van der Waals surface area (Å²) in [5, 5.41) is 18.3. The van der Waals surface area contributed by atoms with Crippen molar-refractivity contribution < 1.29 is 32.6 Å². The number of hydrogen-bond acceptors (Lipinski definition) is 7. The van der Waals surface area contributed by atoms with Crippen molar-refractivity contribution in [2.75, 3.05) is 49.1 Å². The number of carboxylic acids is 1. The van der Waals surface area contributed by atoms with Gasteiger partial charge in [0.05, 0.1) is 29.4 Å². The number of rotatable bonds is 9. The monoisotopic (exact) mass is 617 g/mol. The van der Waals surface area contributed by atoms with E-state index in [0.29, 0.717) is 37.6 Å². The zero-order chi connectivity index (χ0) is 31.7. The summed E-state index contributed by atoms with van der Waals surface area (Å²) in [7, 11) is 0. The first-order valence-electron chi connectivity index (χ1n) is 13.9. The Bertz CT molecular complexity index is 1460. The molecule has 43 heavy (non-hydrogen) atoms. The summed E-state index contributed by atoms with van der Waals surface area (Å²) in [6, 6.07) is 10.2. The van der Waals surface area contributed by atoms with Crippen LogP contribution in [-0.4, -0.2) is 82.8 Å². The Morgan fingerprint density at radius 1 is 1.19 bits per heavy atom. The number of piperazine rings is 1. The molecular formula is C30H34F3N5O4S. The van der Waals surface area contributed by atoms with Crippen LogP contribution in [-0.2, 0) is 22.2 Å². The van der Waals surface area contributed by atoms with E-state index in [1.165, 1.54) is 6.07 Å². The first-order valence-corrected chi connectivity index (χ1v) is 14.3. The fourth-order valence-electron chi connectivity index (χ4n) is 5.55. The molecule has 0 radical (unpaired) electrons. The van der Waals surface area contributed by atoms with E-state index >= 15 is 0 Å². The van der Waals surface area contributed by atoms with E-state index < -0.39 is 34.7 Å². The number of alkyl halides is 3. The Morgan fingerprint density at radius 2 is 1.88 bits per heavy atom. The van der Waals surface area contributed by atoms with Gasteiger partial charge in [0, 0.05) is 37.9 Å². The maximum absolute atomic E-state index is 13.6. The van der Waals surface area contributed by atoms with Crippen molar-refractivity contribution in [3.05, 3.63) is 53.1 Å². The van der Waals surface area contributed by atoms with E-state index in [-0.39, 0.29) is 23.4 Å². The second kappa shape index (κ2) is 12.5. The Morgan fingerprint density at radius 3 is 2.49 bits per heavy atom. The Hall–Kier alpha value is -3.73. The highest BCUT2D eigenvalue weighted by Gasteiger charge is 2.50. The van der Waals surface area contributed by atoms with Crippen molar-refractivity contribution in [2.24, 2.45) is 0 Å². The predicted octanol–water partition coefficient (Wildman–Crippen LogP) is 4.53. The normalized spacial score (nSPS) is 19.5. The lowest BCUT2D eigenvalue weighted by molar-refractivity contribution is -0.139. The van der Waals surface area contributed by atoms with Gasteiger partial charge in [0.15, 0.2) is 5.11 Å². The number of carbonyl (C=O) groups is 2. The molecule has 2 aliphatic rings. The van der Waals surface area contributed by atoms with Crippen LogP contribution in [0.5, 0.6) is 5.75 Å². The highest BCUT2D eigenvalue weighted by atomic mass is 32.1. The standard InChI is InChI=1S/C30H34F3N5O4S/c1-5-20-14-23(8-9-25(20)42-13-12-35-10-11-36(18-26(39)40)19(2)17-35)38-28(43)37(27(41)29(38,3)4)22-7-6-21(16-34)24(15-22)30(31,32)33/h6-9,14-15,19H,5,10-13,17-18H2,1-4H3,(H,39,40). The van der Waals surface area contributed by atoms with Gasteiger partial charge < -0.3 is 14.7 Å². The molecule has 230 valence electrons. The van der Waals surface area contributed by atoms with Gasteiger partial charge in [-0.2, -0.15) is 18.4 Å². The molecule has 2 aromatic carbocycles. The summed E-state index contributed by atoms with van der Waals surface area (Å²) in [4.78, 5) is 31.5. The van der Waals surface area contributed by atoms with Gasteiger partial charge in [0.25, 0.3) is 5.91 Å². The van der Waals surface area contributed by atoms with E-state index in [4.69, 9.17) is 27.3 Å². The van der Waals surface area contributed by atoms with Gasteiger partial charge in [-0.05, 0) is 81.4 Å². The van der Waals surface area contributed by atoms with Gasteiger partial charge in [-0.1, -0.05) is 6.92 Å². The molecule has 1 amide bonds. The highest BCUT2D eigenvalue weighted by molar-refractivity contribution is 7.81. The number of halogens is 3. The zero-order valence-corrected chi connectivity index (χ0v) is 25.3. The molecule has 0 bridgehead atoms. The molecular weight excluding hydrogens is 583 g/mol.